The van der Waals surface area contributed by atoms with Gasteiger partial charge in [0.2, 0.25) is 0 Å². The Labute approximate surface area is 101 Å². The molecule has 0 atom stereocenters. The Morgan fingerprint density at radius 3 is 2.25 bits per heavy atom. The third-order valence-electron chi connectivity index (χ3n) is 2.13. The summed E-state index contributed by atoms with van der Waals surface area (Å²) in [5.41, 5.74) is 5.11. The smallest absolute Gasteiger partial charge is 0.0225 e. The Kier molecular flexibility index (Phi) is 7.28. The predicted molar refractivity (Wildman–Crippen MR) is 75.7 cm³/mol. The average molecular weight is 216 g/mol. The van der Waals surface area contributed by atoms with E-state index in [1.807, 2.05) is 6.08 Å². The second-order valence-electron chi connectivity index (χ2n) is 4.16. The molecule has 0 aliphatic carbocycles. The summed E-state index contributed by atoms with van der Waals surface area (Å²) in [6.07, 6.45) is 5.28. The quantitative estimate of drug-likeness (QED) is 0.588. The Bertz CT molecular complexity index is 356. The molecule has 1 aromatic rings. The van der Waals surface area contributed by atoms with Crippen LogP contribution in [0.3, 0.4) is 0 Å². The van der Waals surface area contributed by atoms with Crippen LogP contribution < -0.4 is 0 Å². The Morgan fingerprint density at radius 1 is 1.25 bits per heavy atom. The van der Waals surface area contributed by atoms with E-state index in [-0.39, 0.29) is 0 Å². The zero-order chi connectivity index (χ0) is 12.6. The molecule has 0 heteroatoms. The molecule has 0 aliphatic heterocycles. The van der Waals surface area contributed by atoms with Gasteiger partial charge in [0.25, 0.3) is 0 Å². The van der Waals surface area contributed by atoms with Crippen molar-refractivity contribution in [3.63, 3.8) is 0 Å². The number of allylic oxidation sites excluding steroid dienone is 2. The predicted octanol–water partition coefficient (Wildman–Crippen LogP) is 5.31. The minimum atomic E-state index is 1.20. The number of hydrogen-bond acceptors (Lipinski definition) is 0. The summed E-state index contributed by atoms with van der Waals surface area (Å²) >= 11 is 0. The van der Waals surface area contributed by atoms with E-state index in [4.69, 9.17) is 0 Å². The zero-order valence-corrected chi connectivity index (χ0v) is 11.3. The molecule has 1 aromatic carbocycles. The average Bonchev–Trinajstić information content (AvgIpc) is 2.23. The third kappa shape index (κ3) is 5.55. The minimum Gasteiger partial charge on any atom is -0.0988 e. The molecule has 1 rings (SSSR count). The van der Waals surface area contributed by atoms with Crippen molar-refractivity contribution in [1.29, 1.82) is 0 Å². The second kappa shape index (κ2) is 7.92. The van der Waals surface area contributed by atoms with Gasteiger partial charge in [0.05, 0.1) is 0 Å². The fraction of sp³-hybridized carbons (Fsp3) is 0.375. The summed E-state index contributed by atoms with van der Waals surface area (Å²) in [6.45, 7) is 14.3. The summed E-state index contributed by atoms with van der Waals surface area (Å²) < 4.78 is 0. The van der Waals surface area contributed by atoms with Gasteiger partial charge in [0.15, 0.2) is 0 Å². The fourth-order valence-corrected chi connectivity index (χ4v) is 1.29. The van der Waals surface area contributed by atoms with Gasteiger partial charge in [0, 0.05) is 0 Å². The van der Waals surface area contributed by atoms with Crippen molar-refractivity contribution in [2.24, 2.45) is 0 Å². The number of rotatable bonds is 2. The maximum atomic E-state index is 3.74. The molecule has 0 bridgehead atoms. The molecule has 0 unspecified atom stereocenters. The lowest BCUT2D eigenvalue weighted by Crippen LogP contribution is -1.82. The maximum Gasteiger partial charge on any atom is -0.0225 e. The van der Waals surface area contributed by atoms with Crippen LogP contribution in [0.4, 0.5) is 0 Å². The van der Waals surface area contributed by atoms with Crippen molar-refractivity contribution < 1.29 is 0 Å². The van der Waals surface area contributed by atoms with Crippen molar-refractivity contribution >= 4 is 6.08 Å². The number of benzene rings is 1. The molecule has 0 N–H and O–H groups in total. The van der Waals surface area contributed by atoms with Crippen molar-refractivity contribution in [3.05, 3.63) is 53.1 Å². The van der Waals surface area contributed by atoms with Gasteiger partial charge in [0.1, 0.15) is 0 Å². The van der Waals surface area contributed by atoms with Crippen LogP contribution >= 0.6 is 0 Å². The molecule has 0 fully saturated rings. The van der Waals surface area contributed by atoms with Crippen LogP contribution in [-0.2, 0) is 0 Å². The molecule has 0 saturated heterocycles. The van der Waals surface area contributed by atoms with Crippen LogP contribution in [0.1, 0.15) is 43.9 Å². The number of hydrogen-bond donors (Lipinski definition) is 0. The van der Waals surface area contributed by atoms with E-state index >= 15 is 0 Å². The summed E-state index contributed by atoms with van der Waals surface area (Å²) in [5.74, 6) is 0. The molecule has 0 spiro atoms. The lowest BCUT2D eigenvalue weighted by atomic mass is 10.0. The lowest BCUT2D eigenvalue weighted by Gasteiger charge is -2.02. The first-order valence-corrected chi connectivity index (χ1v) is 5.93. The molecular formula is C16H24. The molecule has 0 saturated carbocycles. The summed E-state index contributed by atoms with van der Waals surface area (Å²) in [7, 11) is 0. The van der Waals surface area contributed by atoms with E-state index in [0.717, 1.165) is 0 Å². The molecule has 16 heavy (non-hydrogen) atoms. The van der Waals surface area contributed by atoms with Gasteiger partial charge in [-0.05, 0) is 31.9 Å². The molecule has 0 nitrogen and oxygen atoms in total. The molecule has 88 valence electrons. The molecular weight excluding hydrogens is 192 g/mol. The van der Waals surface area contributed by atoms with Gasteiger partial charge in [-0.3, -0.25) is 0 Å². The van der Waals surface area contributed by atoms with Crippen LogP contribution in [-0.4, -0.2) is 0 Å². The zero-order valence-electron chi connectivity index (χ0n) is 11.3. The first kappa shape index (κ1) is 14.7. The largest absolute Gasteiger partial charge is 0.0988 e. The number of aryl methyl sites for hydroxylation is 2. The lowest BCUT2D eigenvalue weighted by molar-refractivity contribution is 1.09. The van der Waals surface area contributed by atoms with E-state index in [9.17, 15) is 0 Å². The highest BCUT2D eigenvalue weighted by atomic mass is 14.0. The highest BCUT2D eigenvalue weighted by Gasteiger charge is 1.94. The third-order valence-corrected chi connectivity index (χ3v) is 2.13. The molecule has 0 heterocycles. The highest BCUT2D eigenvalue weighted by Crippen LogP contribution is 2.14. The van der Waals surface area contributed by atoms with Gasteiger partial charge >= 0.3 is 0 Å². The van der Waals surface area contributed by atoms with Crippen LogP contribution in [0.5, 0.6) is 0 Å². The standard InChI is InChI=1S/C13H16.C3H8/c1-5-10(2)9-13-7-6-11(3)8-12(13)4;1-3-2/h5-9H,1H2,2-4H3;3H2,1-2H3/b10-9-;. The van der Waals surface area contributed by atoms with Crippen molar-refractivity contribution in [2.45, 2.75) is 41.0 Å². The Hall–Kier alpha value is -1.30. The SMILES string of the molecule is C=C/C(C)=C\c1ccc(C)cc1C.CCC. The van der Waals surface area contributed by atoms with Crippen LogP contribution in [0.2, 0.25) is 0 Å². The Morgan fingerprint density at radius 2 is 1.81 bits per heavy atom. The van der Waals surface area contributed by atoms with Gasteiger partial charge in [-0.2, -0.15) is 0 Å². The Balaban J connectivity index is 0.000000673. The van der Waals surface area contributed by atoms with Gasteiger partial charge in [-0.15, -0.1) is 0 Å². The second-order valence-corrected chi connectivity index (χ2v) is 4.16. The van der Waals surface area contributed by atoms with Crippen molar-refractivity contribution in [2.75, 3.05) is 0 Å². The summed E-state index contributed by atoms with van der Waals surface area (Å²) in [4.78, 5) is 0. The van der Waals surface area contributed by atoms with Crippen molar-refractivity contribution in [1.82, 2.24) is 0 Å². The maximum absolute atomic E-state index is 3.74. The van der Waals surface area contributed by atoms with Gasteiger partial charge in [-0.1, -0.05) is 68.3 Å². The molecule has 0 radical (unpaired) electrons. The van der Waals surface area contributed by atoms with E-state index < -0.39 is 0 Å². The summed E-state index contributed by atoms with van der Waals surface area (Å²) in [6, 6.07) is 6.48. The minimum absolute atomic E-state index is 1.20. The van der Waals surface area contributed by atoms with Gasteiger partial charge < -0.3 is 0 Å². The normalized spacial score (nSPS) is 10.4. The molecule has 0 amide bonds. The first-order chi connectivity index (χ1) is 7.54. The topological polar surface area (TPSA) is 0 Å². The van der Waals surface area contributed by atoms with Crippen LogP contribution in [0.15, 0.2) is 36.4 Å². The van der Waals surface area contributed by atoms with Crippen LogP contribution in [0, 0.1) is 13.8 Å². The van der Waals surface area contributed by atoms with Crippen LogP contribution in [0.25, 0.3) is 6.08 Å². The van der Waals surface area contributed by atoms with E-state index in [2.05, 4.69) is 65.5 Å². The summed E-state index contributed by atoms with van der Waals surface area (Å²) in [5, 5.41) is 0. The van der Waals surface area contributed by atoms with Crippen molar-refractivity contribution in [3.8, 4) is 0 Å². The molecule has 0 aromatic heterocycles. The fourth-order valence-electron chi connectivity index (χ4n) is 1.29. The van der Waals surface area contributed by atoms with E-state index in [1.54, 1.807) is 0 Å². The van der Waals surface area contributed by atoms with Gasteiger partial charge in [-0.25, -0.2) is 0 Å². The monoisotopic (exact) mass is 216 g/mol. The highest BCUT2D eigenvalue weighted by molar-refractivity contribution is 5.58. The molecule has 0 aliphatic rings. The van der Waals surface area contributed by atoms with E-state index in [0.29, 0.717) is 0 Å². The first-order valence-electron chi connectivity index (χ1n) is 5.93. The van der Waals surface area contributed by atoms with E-state index in [1.165, 1.54) is 28.7 Å².